The first-order valence-corrected chi connectivity index (χ1v) is 11.0. The summed E-state index contributed by atoms with van der Waals surface area (Å²) in [6, 6.07) is 10.8. The molecular formula is C26H32N2O5. The summed E-state index contributed by atoms with van der Waals surface area (Å²) in [6.07, 6.45) is 2.35. The van der Waals surface area contributed by atoms with Gasteiger partial charge < -0.3 is 24.4 Å². The fourth-order valence-electron chi connectivity index (χ4n) is 4.06. The van der Waals surface area contributed by atoms with E-state index in [9.17, 15) is 9.59 Å². The zero-order valence-electron chi connectivity index (χ0n) is 19.7. The van der Waals surface area contributed by atoms with Gasteiger partial charge in [0.05, 0.1) is 26.4 Å². The monoisotopic (exact) mass is 452 g/mol. The van der Waals surface area contributed by atoms with Gasteiger partial charge in [-0.3, -0.25) is 9.59 Å². The number of morpholine rings is 1. The summed E-state index contributed by atoms with van der Waals surface area (Å²) in [4.78, 5) is 27.4. The number of ether oxygens (including phenoxy) is 3. The van der Waals surface area contributed by atoms with Gasteiger partial charge in [-0.25, -0.2) is 0 Å². The lowest BCUT2D eigenvalue weighted by Gasteiger charge is -2.35. The third-order valence-electron chi connectivity index (χ3n) is 5.54. The molecule has 1 aliphatic heterocycles. The van der Waals surface area contributed by atoms with E-state index < -0.39 is 0 Å². The molecule has 2 unspecified atom stereocenters. The molecule has 1 N–H and O–H groups in total. The molecule has 2 aromatic rings. The Morgan fingerprint density at radius 2 is 1.76 bits per heavy atom. The van der Waals surface area contributed by atoms with E-state index in [1.807, 2.05) is 30.9 Å². The average molecular weight is 453 g/mol. The normalized spacial score (nSPS) is 17.9. The van der Waals surface area contributed by atoms with E-state index in [0.29, 0.717) is 48.7 Å². The van der Waals surface area contributed by atoms with Gasteiger partial charge >= 0.3 is 0 Å². The number of carbonyl (C=O) groups is 2. The topological polar surface area (TPSA) is 77.1 Å². The number of allylic oxidation sites excluding steroid dienone is 1. The van der Waals surface area contributed by atoms with E-state index >= 15 is 0 Å². The maximum absolute atomic E-state index is 12.8. The number of nitrogens with zero attached hydrogens (tertiary/aromatic N) is 1. The third-order valence-corrected chi connectivity index (χ3v) is 5.54. The molecule has 33 heavy (non-hydrogen) atoms. The SMILES string of the molecule is C=CCc1cc(C(=O)NCc2ccc(C(=O)N3CC(C)OC(C)C3)cc2)cc(OC)c1OC. The molecule has 2 aromatic carbocycles. The molecule has 2 amide bonds. The van der Waals surface area contributed by atoms with Crippen LogP contribution in [0.15, 0.2) is 49.1 Å². The number of carbonyl (C=O) groups excluding carboxylic acids is 2. The van der Waals surface area contributed by atoms with E-state index in [-0.39, 0.29) is 24.0 Å². The molecule has 0 aliphatic carbocycles. The number of hydrogen-bond acceptors (Lipinski definition) is 5. The van der Waals surface area contributed by atoms with Crippen LogP contribution in [0.2, 0.25) is 0 Å². The highest BCUT2D eigenvalue weighted by molar-refractivity contribution is 5.95. The Labute approximate surface area is 195 Å². The Kier molecular flexibility index (Phi) is 8.11. The summed E-state index contributed by atoms with van der Waals surface area (Å²) in [5.74, 6) is 0.861. The first kappa shape index (κ1) is 24.3. The standard InChI is InChI=1S/C26H32N2O5/c1-6-7-21-12-22(13-23(31-4)24(21)32-5)25(29)27-14-19-8-10-20(11-9-19)26(30)28-15-17(2)33-18(3)16-28/h6,8-13,17-18H,1,7,14-16H2,2-5H3,(H,27,29). The molecule has 0 radical (unpaired) electrons. The summed E-state index contributed by atoms with van der Waals surface area (Å²) in [5, 5.41) is 2.92. The van der Waals surface area contributed by atoms with Crippen LogP contribution < -0.4 is 14.8 Å². The summed E-state index contributed by atoms with van der Waals surface area (Å²) in [7, 11) is 3.11. The molecule has 7 nitrogen and oxygen atoms in total. The lowest BCUT2D eigenvalue weighted by atomic mass is 10.0. The van der Waals surface area contributed by atoms with Crippen molar-refractivity contribution in [3.63, 3.8) is 0 Å². The smallest absolute Gasteiger partial charge is 0.254 e. The predicted molar refractivity (Wildman–Crippen MR) is 127 cm³/mol. The summed E-state index contributed by atoms with van der Waals surface area (Å²) >= 11 is 0. The van der Waals surface area contributed by atoms with Gasteiger partial charge in [0.25, 0.3) is 11.8 Å². The van der Waals surface area contributed by atoms with Crippen LogP contribution >= 0.6 is 0 Å². The number of nitrogens with one attached hydrogen (secondary N) is 1. The second-order valence-corrected chi connectivity index (χ2v) is 8.21. The first-order valence-electron chi connectivity index (χ1n) is 11.0. The quantitative estimate of drug-likeness (QED) is 0.619. The van der Waals surface area contributed by atoms with Gasteiger partial charge in [0.15, 0.2) is 11.5 Å². The highest BCUT2D eigenvalue weighted by atomic mass is 16.5. The lowest BCUT2D eigenvalue weighted by molar-refractivity contribution is -0.0586. The van der Waals surface area contributed by atoms with Crippen molar-refractivity contribution < 1.29 is 23.8 Å². The van der Waals surface area contributed by atoms with E-state index in [2.05, 4.69) is 11.9 Å². The van der Waals surface area contributed by atoms with Crippen LogP contribution in [-0.4, -0.2) is 56.2 Å². The first-order chi connectivity index (χ1) is 15.9. The van der Waals surface area contributed by atoms with Gasteiger partial charge in [-0.15, -0.1) is 6.58 Å². The van der Waals surface area contributed by atoms with Gasteiger partial charge in [-0.1, -0.05) is 18.2 Å². The lowest BCUT2D eigenvalue weighted by Crippen LogP contribution is -2.48. The average Bonchev–Trinajstić information content (AvgIpc) is 2.81. The minimum Gasteiger partial charge on any atom is -0.493 e. The number of amides is 2. The Balaban J connectivity index is 1.65. The number of hydrogen-bond donors (Lipinski definition) is 1. The highest BCUT2D eigenvalue weighted by Gasteiger charge is 2.26. The summed E-state index contributed by atoms with van der Waals surface area (Å²) in [6.45, 7) is 9.21. The molecule has 7 heteroatoms. The number of methoxy groups -OCH3 is 2. The van der Waals surface area contributed by atoms with E-state index in [1.54, 1.807) is 37.5 Å². The van der Waals surface area contributed by atoms with Crippen LogP contribution in [0.5, 0.6) is 11.5 Å². The molecule has 176 valence electrons. The molecule has 2 atom stereocenters. The maximum Gasteiger partial charge on any atom is 0.254 e. The zero-order valence-corrected chi connectivity index (χ0v) is 19.7. The number of rotatable bonds is 8. The van der Waals surface area contributed by atoms with E-state index in [1.165, 1.54) is 7.11 Å². The molecule has 3 rings (SSSR count). The van der Waals surface area contributed by atoms with E-state index in [0.717, 1.165) is 11.1 Å². The Bertz CT molecular complexity index is 992. The van der Waals surface area contributed by atoms with Crippen molar-refractivity contribution in [3.8, 4) is 11.5 Å². The minimum atomic E-state index is -0.224. The van der Waals surface area contributed by atoms with Crippen LogP contribution in [0.1, 0.15) is 45.7 Å². The predicted octanol–water partition coefficient (Wildman–Crippen LogP) is 3.61. The van der Waals surface area contributed by atoms with Crippen molar-refractivity contribution in [1.82, 2.24) is 10.2 Å². The van der Waals surface area contributed by atoms with Crippen LogP contribution in [-0.2, 0) is 17.7 Å². The fourth-order valence-corrected chi connectivity index (χ4v) is 4.06. The van der Waals surface area contributed by atoms with Crippen LogP contribution in [0.25, 0.3) is 0 Å². The molecule has 1 fully saturated rings. The third kappa shape index (κ3) is 5.93. The second kappa shape index (κ2) is 11.0. The Hall–Kier alpha value is -3.32. The van der Waals surface area contributed by atoms with Crippen LogP contribution in [0.4, 0.5) is 0 Å². The molecular weight excluding hydrogens is 420 g/mol. The van der Waals surface area contributed by atoms with Crippen molar-refractivity contribution in [2.24, 2.45) is 0 Å². The second-order valence-electron chi connectivity index (χ2n) is 8.21. The Morgan fingerprint density at radius 1 is 1.09 bits per heavy atom. The van der Waals surface area contributed by atoms with Gasteiger partial charge in [0.2, 0.25) is 0 Å². The van der Waals surface area contributed by atoms with Crippen molar-refractivity contribution >= 4 is 11.8 Å². The molecule has 0 saturated carbocycles. The summed E-state index contributed by atoms with van der Waals surface area (Å²) in [5.41, 5.74) is 2.83. The van der Waals surface area contributed by atoms with Gasteiger partial charge in [0.1, 0.15) is 0 Å². The summed E-state index contributed by atoms with van der Waals surface area (Å²) < 4.78 is 16.5. The maximum atomic E-state index is 12.8. The minimum absolute atomic E-state index is 0.00679. The zero-order chi connectivity index (χ0) is 24.0. The number of benzene rings is 2. The molecule has 1 heterocycles. The van der Waals surface area contributed by atoms with Crippen molar-refractivity contribution in [2.75, 3.05) is 27.3 Å². The van der Waals surface area contributed by atoms with E-state index in [4.69, 9.17) is 14.2 Å². The molecule has 0 aromatic heterocycles. The van der Waals surface area contributed by atoms with Gasteiger partial charge in [-0.2, -0.15) is 0 Å². The fraction of sp³-hybridized carbons (Fsp3) is 0.385. The van der Waals surface area contributed by atoms with Gasteiger partial charge in [-0.05, 0) is 50.1 Å². The molecule has 1 saturated heterocycles. The highest BCUT2D eigenvalue weighted by Crippen LogP contribution is 2.33. The van der Waals surface area contributed by atoms with Crippen LogP contribution in [0.3, 0.4) is 0 Å². The molecule has 0 spiro atoms. The largest absolute Gasteiger partial charge is 0.493 e. The molecule has 1 aliphatic rings. The van der Waals surface area contributed by atoms with Crippen LogP contribution in [0, 0.1) is 0 Å². The van der Waals surface area contributed by atoms with Crippen molar-refractivity contribution in [3.05, 3.63) is 71.3 Å². The van der Waals surface area contributed by atoms with Crippen molar-refractivity contribution in [1.29, 1.82) is 0 Å². The van der Waals surface area contributed by atoms with Crippen molar-refractivity contribution in [2.45, 2.75) is 39.0 Å². The van der Waals surface area contributed by atoms with Gasteiger partial charge in [0, 0.05) is 36.3 Å². The molecule has 0 bridgehead atoms. The Morgan fingerprint density at radius 3 is 2.33 bits per heavy atom.